The lowest BCUT2D eigenvalue weighted by Crippen LogP contribution is -2.11. The van der Waals surface area contributed by atoms with Crippen LogP contribution in [-0.2, 0) is 4.79 Å². The SMILES string of the molecule is CCCCCCCC(=O)Nc1cc(C#N)ccc1Cl. The minimum absolute atomic E-state index is 0.0477. The number of unbranched alkanes of at least 4 members (excludes halogenated alkanes) is 4. The first kappa shape index (κ1) is 15.5. The first-order valence-corrected chi connectivity index (χ1v) is 7.04. The summed E-state index contributed by atoms with van der Waals surface area (Å²) in [5, 5.41) is 12.0. The summed E-state index contributed by atoms with van der Waals surface area (Å²) in [6.07, 6.45) is 6.06. The average molecular weight is 279 g/mol. The van der Waals surface area contributed by atoms with E-state index in [-0.39, 0.29) is 5.91 Å². The van der Waals surface area contributed by atoms with Crippen LogP contribution in [0.4, 0.5) is 5.69 Å². The molecule has 1 amide bonds. The van der Waals surface area contributed by atoms with E-state index in [1.807, 2.05) is 6.07 Å². The molecule has 0 atom stereocenters. The van der Waals surface area contributed by atoms with E-state index in [9.17, 15) is 4.79 Å². The van der Waals surface area contributed by atoms with Crippen LogP contribution >= 0.6 is 11.6 Å². The van der Waals surface area contributed by atoms with Crippen molar-refractivity contribution in [2.45, 2.75) is 45.4 Å². The third-order valence-corrected chi connectivity index (χ3v) is 3.21. The molecule has 0 saturated heterocycles. The van der Waals surface area contributed by atoms with Gasteiger partial charge >= 0.3 is 0 Å². The predicted octanol–water partition coefficient (Wildman–Crippen LogP) is 4.51. The van der Waals surface area contributed by atoms with Gasteiger partial charge in [-0.2, -0.15) is 5.26 Å². The second-order valence-electron chi connectivity index (χ2n) is 4.52. The zero-order valence-corrected chi connectivity index (χ0v) is 12.0. The summed E-state index contributed by atoms with van der Waals surface area (Å²) in [6.45, 7) is 2.16. The predicted molar refractivity (Wildman–Crippen MR) is 78.2 cm³/mol. The minimum atomic E-state index is -0.0477. The normalized spacial score (nSPS) is 9.95. The monoisotopic (exact) mass is 278 g/mol. The van der Waals surface area contributed by atoms with Gasteiger partial charge in [-0.15, -0.1) is 0 Å². The zero-order chi connectivity index (χ0) is 14.1. The Morgan fingerprint density at radius 1 is 1.32 bits per heavy atom. The van der Waals surface area contributed by atoms with Crippen LogP contribution in [0.1, 0.15) is 51.0 Å². The molecule has 4 heteroatoms. The number of carbonyl (C=O) groups excluding carboxylic acids is 1. The second-order valence-corrected chi connectivity index (χ2v) is 4.93. The second kappa shape index (κ2) is 8.55. The molecule has 0 aliphatic carbocycles. The highest BCUT2D eigenvalue weighted by molar-refractivity contribution is 6.33. The lowest BCUT2D eigenvalue weighted by atomic mass is 10.1. The number of carbonyl (C=O) groups is 1. The largest absolute Gasteiger partial charge is 0.325 e. The summed E-state index contributed by atoms with van der Waals surface area (Å²) >= 11 is 5.98. The summed E-state index contributed by atoms with van der Waals surface area (Å²) in [7, 11) is 0. The summed E-state index contributed by atoms with van der Waals surface area (Å²) in [6, 6.07) is 6.87. The molecular weight excluding hydrogens is 260 g/mol. The molecule has 0 saturated carbocycles. The van der Waals surface area contributed by atoms with Gasteiger partial charge in [0, 0.05) is 6.42 Å². The first-order valence-electron chi connectivity index (χ1n) is 6.67. The van der Waals surface area contributed by atoms with Crippen LogP contribution in [0.25, 0.3) is 0 Å². The molecule has 102 valence electrons. The van der Waals surface area contributed by atoms with Crippen molar-refractivity contribution in [2.24, 2.45) is 0 Å². The summed E-state index contributed by atoms with van der Waals surface area (Å²) in [4.78, 5) is 11.7. The molecule has 19 heavy (non-hydrogen) atoms. The molecule has 0 unspecified atom stereocenters. The smallest absolute Gasteiger partial charge is 0.224 e. The molecular formula is C15H19ClN2O. The van der Waals surface area contributed by atoms with Gasteiger partial charge in [0.1, 0.15) is 0 Å². The number of hydrogen-bond donors (Lipinski definition) is 1. The van der Waals surface area contributed by atoms with E-state index >= 15 is 0 Å². The highest BCUT2D eigenvalue weighted by Crippen LogP contribution is 2.23. The maximum absolute atomic E-state index is 11.7. The standard InChI is InChI=1S/C15H19ClN2O/c1-2-3-4-5-6-7-15(19)18-14-10-12(11-17)8-9-13(14)16/h8-10H,2-7H2,1H3,(H,18,19). The lowest BCUT2D eigenvalue weighted by Gasteiger charge is -2.07. The Balaban J connectivity index is 2.42. The maximum Gasteiger partial charge on any atom is 0.224 e. The van der Waals surface area contributed by atoms with E-state index < -0.39 is 0 Å². The van der Waals surface area contributed by atoms with Gasteiger partial charge in [0.15, 0.2) is 0 Å². The van der Waals surface area contributed by atoms with Crippen molar-refractivity contribution < 1.29 is 4.79 Å². The van der Waals surface area contributed by atoms with E-state index in [1.165, 1.54) is 19.3 Å². The lowest BCUT2D eigenvalue weighted by molar-refractivity contribution is -0.116. The summed E-state index contributed by atoms with van der Waals surface area (Å²) in [5.41, 5.74) is 1.00. The van der Waals surface area contributed by atoms with Gasteiger partial charge in [0.25, 0.3) is 0 Å². The number of benzene rings is 1. The van der Waals surface area contributed by atoms with Crippen molar-refractivity contribution in [3.8, 4) is 6.07 Å². The molecule has 0 heterocycles. The Morgan fingerprint density at radius 2 is 2.05 bits per heavy atom. The van der Waals surface area contributed by atoms with Crippen molar-refractivity contribution >= 4 is 23.2 Å². The summed E-state index contributed by atoms with van der Waals surface area (Å²) in [5.74, 6) is -0.0477. The highest BCUT2D eigenvalue weighted by atomic mass is 35.5. The molecule has 0 aliphatic rings. The van der Waals surface area contributed by atoms with Crippen LogP contribution in [0.2, 0.25) is 5.02 Å². The van der Waals surface area contributed by atoms with Gasteiger partial charge in [0.05, 0.1) is 22.3 Å². The van der Waals surface area contributed by atoms with Crippen LogP contribution in [0.5, 0.6) is 0 Å². The molecule has 3 nitrogen and oxygen atoms in total. The van der Waals surface area contributed by atoms with E-state index in [2.05, 4.69) is 12.2 Å². The molecule has 1 aromatic carbocycles. The third-order valence-electron chi connectivity index (χ3n) is 2.88. The van der Waals surface area contributed by atoms with Gasteiger partial charge in [-0.3, -0.25) is 4.79 Å². The molecule has 0 fully saturated rings. The van der Waals surface area contributed by atoms with Crippen LogP contribution in [-0.4, -0.2) is 5.91 Å². The number of rotatable bonds is 7. The fourth-order valence-electron chi connectivity index (χ4n) is 1.79. The van der Waals surface area contributed by atoms with E-state index in [0.29, 0.717) is 22.7 Å². The Morgan fingerprint density at radius 3 is 2.74 bits per heavy atom. The average Bonchev–Trinajstić information content (AvgIpc) is 2.41. The molecule has 1 aromatic rings. The van der Waals surface area contributed by atoms with Crippen LogP contribution in [0, 0.1) is 11.3 Å². The number of halogens is 1. The fraction of sp³-hybridized carbons (Fsp3) is 0.467. The van der Waals surface area contributed by atoms with Crippen LogP contribution < -0.4 is 5.32 Å². The van der Waals surface area contributed by atoms with Crippen molar-refractivity contribution in [1.82, 2.24) is 0 Å². The molecule has 0 aromatic heterocycles. The van der Waals surface area contributed by atoms with E-state index in [1.54, 1.807) is 18.2 Å². The van der Waals surface area contributed by atoms with Gasteiger partial charge in [-0.1, -0.05) is 44.2 Å². The number of hydrogen-bond acceptors (Lipinski definition) is 2. The zero-order valence-electron chi connectivity index (χ0n) is 11.2. The topological polar surface area (TPSA) is 52.9 Å². The van der Waals surface area contributed by atoms with Gasteiger partial charge in [-0.25, -0.2) is 0 Å². The van der Waals surface area contributed by atoms with Crippen molar-refractivity contribution in [2.75, 3.05) is 5.32 Å². The van der Waals surface area contributed by atoms with Gasteiger partial charge < -0.3 is 5.32 Å². The van der Waals surface area contributed by atoms with Crippen LogP contribution in [0.3, 0.4) is 0 Å². The molecule has 1 N–H and O–H groups in total. The first-order chi connectivity index (χ1) is 9.17. The Hall–Kier alpha value is -1.53. The minimum Gasteiger partial charge on any atom is -0.325 e. The Kier molecular flexibility index (Phi) is 6.99. The number of amides is 1. The fourth-order valence-corrected chi connectivity index (χ4v) is 1.96. The molecule has 0 bridgehead atoms. The van der Waals surface area contributed by atoms with Crippen molar-refractivity contribution in [1.29, 1.82) is 5.26 Å². The quantitative estimate of drug-likeness (QED) is 0.746. The summed E-state index contributed by atoms with van der Waals surface area (Å²) < 4.78 is 0. The molecule has 0 aliphatic heterocycles. The van der Waals surface area contributed by atoms with E-state index in [0.717, 1.165) is 12.8 Å². The van der Waals surface area contributed by atoms with Gasteiger partial charge in [0.2, 0.25) is 5.91 Å². The Bertz CT molecular complexity index is 466. The molecule has 0 spiro atoms. The van der Waals surface area contributed by atoms with Crippen molar-refractivity contribution in [3.05, 3.63) is 28.8 Å². The van der Waals surface area contributed by atoms with E-state index in [4.69, 9.17) is 16.9 Å². The third kappa shape index (κ3) is 5.76. The van der Waals surface area contributed by atoms with Crippen LogP contribution in [0.15, 0.2) is 18.2 Å². The van der Waals surface area contributed by atoms with Crippen molar-refractivity contribution in [3.63, 3.8) is 0 Å². The van der Waals surface area contributed by atoms with Gasteiger partial charge in [-0.05, 0) is 24.6 Å². The highest BCUT2D eigenvalue weighted by Gasteiger charge is 2.06. The number of nitrogens with zero attached hydrogens (tertiary/aromatic N) is 1. The maximum atomic E-state index is 11.7. The number of anilines is 1. The number of nitriles is 1. The molecule has 1 rings (SSSR count). The number of nitrogens with one attached hydrogen (secondary N) is 1. The Labute approximate surface area is 119 Å². The molecule has 0 radical (unpaired) electrons.